The summed E-state index contributed by atoms with van der Waals surface area (Å²) in [6.07, 6.45) is 2.25. The molecule has 1 unspecified atom stereocenters. The zero-order valence-electron chi connectivity index (χ0n) is 12.0. The zero-order valence-corrected chi connectivity index (χ0v) is 12.0. The zero-order chi connectivity index (χ0) is 14.8. The second-order valence-corrected chi connectivity index (χ2v) is 5.42. The minimum atomic E-state index is -0.369. The van der Waals surface area contributed by atoms with Crippen molar-refractivity contribution in [3.05, 3.63) is 22.2 Å². The lowest BCUT2D eigenvalue weighted by atomic mass is 10.1. The van der Waals surface area contributed by atoms with Gasteiger partial charge < -0.3 is 19.7 Å². The van der Waals surface area contributed by atoms with Gasteiger partial charge in [0.25, 0.3) is 5.69 Å². The molecule has 0 aromatic heterocycles. The van der Waals surface area contributed by atoms with Gasteiger partial charge in [-0.2, -0.15) is 0 Å². The summed E-state index contributed by atoms with van der Waals surface area (Å²) in [7, 11) is 1.87. The molecule has 7 nitrogen and oxygen atoms in total. The molecule has 0 aliphatic carbocycles. The van der Waals surface area contributed by atoms with Gasteiger partial charge in [0.2, 0.25) is 0 Å². The van der Waals surface area contributed by atoms with E-state index in [1.165, 1.54) is 6.07 Å². The Balaban J connectivity index is 1.89. The third kappa shape index (κ3) is 2.87. The van der Waals surface area contributed by atoms with Crippen molar-refractivity contribution in [3.8, 4) is 11.5 Å². The Morgan fingerprint density at radius 1 is 1.38 bits per heavy atom. The summed E-state index contributed by atoms with van der Waals surface area (Å²) in [4.78, 5) is 12.9. The monoisotopic (exact) mass is 293 g/mol. The molecule has 1 fully saturated rings. The van der Waals surface area contributed by atoms with Crippen LogP contribution in [0, 0.1) is 10.1 Å². The molecule has 3 rings (SSSR count). The molecular weight excluding hydrogens is 274 g/mol. The van der Waals surface area contributed by atoms with Gasteiger partial charge in [-0.05, 0) is 19.4 Å². The summed E-state index contributed by atoms with van der Waals surface area (Å²) in [5.41, 5.74) is 0.623. The molecule has 2 aliphatic heterocycles. The Bertz CT molecular complexity index is 543. The Kier molecular flexibility index (Phi) is 3.83. The Morgan fingerprint density at radius 3 is 2.71 bits per heavy atom. The van der Waals surface area contributed by atoms with E-state index in [1.54, 1.807) is 6.07 Å². The van der Waals surface area contributed by atoms with Crippen LogP contribution in [0.4, 0.5) is 11.4 Å². The fourth-order valence-electron chi connectivity index (χ4n) is 2.86. The lowest BCUT2D eigenvalue weighted by Gasteiger charge is -2.25. The van der Waals surface area contributed by atoms with Crippen molar-refractivity contribution in [3.63, 3.8) is 0 Å². The van der Waals surface area contributed by atoms with E-state index >= 15 is 0 Å². The number of rotatable bonds is 4. The standard InChI is InChI=1S/C14H19N3O4/c1-16(9-10-3-2-4-15-10)11-7-13-14(21-6-5-20-13)8-12(11)17(18)19/h7-8,10,15H,2-6,9H2,1H3. The number of benzene rings is 1. The Hall–Kier alpha value is -2.02. The van der Waals surface area contributed by atoms with E-state index < -0.39 is 0 Å². The smallest absolute Gasteiger partial charge is 0.296 e. The molecule has 7 heteroatoms. The van der Waals surface area contributed by atoms with Gasteiger partial charge in [-0.15, -0.1) is 0 Å². The van der Waals surface area contributed by atoms with Crippen LogP contribution in [-0.4, -0.2) is 44.3 Å². The van der Waals surface area contributed by atoms with Crippen LogP contribution in [0.25, 0.3) is 0 Å². The van der Waals surface area contributed by atoms with Crippen molar-refractivity contribution in [1.29, 1.82) is 0 Å². The summed E-state index contributed by atoms with van der Waals surface area (Å²) < 4.78 is 11.0. The molecule has 1 N–H and O–H groups in total. The van der Waals surface area contributed by atoms with Gasteiger partial charge in [0, 0.05) is 25.7 Å². The maximum Gasteiger partial charge on any atom is 0.296 e. The highest BCUT2D eigenvalue weighted by atomic mass is 16.6. The number of fused-ring (bicyclic) bond motifs is 1. The van der Waals surface area contributed by atoms with E-state index in [-0.39, 0.29) is 10.6 Å². The first kappa shape index (κ1) is 13.9. The number of anilines is 1. The van der Waals surface area contributed by atoms with Crippen LogP contribution in [-0.2, 0) is 0 Å². The first-order valence-electron chi connectivity index (χ1n) is 7.17. The number of nitro benzene ring substituents is 1. The highest BCUT2D eigenvalue weighted by Gasteiger charge is 2.26. The van der Waals surface area contributed by atoms with Crippen LogP contribution in [0.2, 0.25) is 0 Å². The first-order valence-corrected chi connectivity index (χ1v) is 7.17. The number of likely N-dealkylation sites (N-methyl/N-ethyl adjacent to an activating group) is 1. The second kappa shape index (κ2) is 5.77. The average Bonchev–Trinajstić information content (AvgIpc) is 2.98. The molecule has 0 amide bonds. The lowest BCUT2D eigenvalue weighted by Crippen LogP contribution is -2.35. The highest BCUT2D eigenvalue weighted by molar-refractivity contribution is 5.69. The first-order chi connectivity index (χ1) is 10.1. The second-order valence-electron chi connectivity index (χ2n) is 5.42. The number of nitrogens with zero attached hydrogens (tertiary/aromatic N) is 2. The molecule has 1 atom stereocenters. The van der Waals surface area contributed by atoms with Crippen LogP contribution in [0.1, 0.15) is 12.8 Å². The molecule has 1 saturated heterocycles. The molecule has 114 valence electrons. The number of nitro groups is 1. The minimum Gasteiger partial charge on any atom is -0.486 e. The predicted molar refractivity (Wildman–Crippen MR) is 78.4 cm³/mol. The van der Waals surface area contributed by atoms with Gasteiger partial charge in [-0.3, -0.25) is 10.1 Å². The number of nitrogens with one attached hydrogen (secondary N) is 1. The Labute approximate surface area is 123 Å². The maximum atomic E-state index is 11.3. The summed E-state index contributed by atoms with van der Waals surface area (Å²) >= 11 is 0. The average molecular weight is 293 g/mol. The van der Waals surface area contributed by atoms with Crippen LogP contribution in [0.5, 0.6) is 11.5 Å². The van der Waals surface area contributed by atoms with Gasteiger partial charge in [-0.25, -0.2) is 0 Å². The van der Waals surface area contributed by atoms with Crippen LogP contribution >= 0.6 is 0 Å². The van der Waals surface area contributed by atoms with Crippen molar-refractivity contribution in [2.45, 2.75) is 18.9 Å². The highest BCUT2D eigenvalue weighted by Crippen LogP contribution is 2.40. The normalized spacial score (nSPS) is 20.3. The molecular formula is C14H19N3O4. The maximum absolute atomic E-state index is 11.3. The van der Waals surface area contributed by atoms with Gasteiger partial charge >= 0.3 is 0 Å². The van der Waals surface area contributed by atoms with E-state index in [1.807, 2.05) is 11.9 Å². The SMILES string of the molecule is CN(CC1CCCN1)c1cc2c(cc1[N+](=O)[O-])OCCO2. The van der Waals surface area contributed by atoms with Gasteiger partial charge in [-0.1, -0.05) is 0 Å². The van der Waals surface area contributed by atoms with Crippen molar-refractivity contribution in [2.75, 3.05) is 38.3 Å². The quantitative estimate of drug-likeness (QED) is 0.670. The van der Waals surface area contributed by atoms with Crippen LogP contribution < -0.4 is 19.7 Å². The lowest BCUT2D eigenvalue weighted by molar-refractivity contribution is -0.384. The third-order valence-corrected chi connectivity index (χ3v) is 3.90. The number of ether oxygens (including phenoxy) is 2. The summed E-state index contributed by atoms with van der Waals surface area (Å²) in [5.74, 6) is 1.03. The molecule has 1 aromatic rings. The Morgan fingerprint density at radius 2 is 2.10 bits per heavy atom. The van der Waals surface area contributed by atoms with Crippen LogP contribution in [0.15, 0.2) is 12.1 Å². The summed E-state index contributed by atoms with van der Waals surface area (Å²) in [6.45, 7) is 2.64. The third-order valence-electron chi connectivity index (χ3n) is 3.90. The van der Waals surface area contributed by atoms with Crippen molar-refractivity contribution >= 4 is 11.4 Å². The molecule has 0 bridgehead atoms. The molecule has 2 aliphatic rings. The molecule has 0 radical (unpaired) electrons. The van der Waals surface area contributed by atoms with E-state index in [4.69, 9.17) is 9.47 Å². The summed E-state index contributed by atoms with van der Waals surface area (Å²) in [5, 5.41) is 14.7. The molecule has 1 aromatic carbocycles. The predicted octanol–water partition coefficient (Wildman–Crippen LogP) is 1.55. The van der Waals surface area contributed by atoms with Crippen molar-refractivity contribution < 1.29 is 14.4 Å². The topological polar surface area (TPSA) is 76.9 Å². The van der Waals surface area contributed by atoms with Crippen LogP contribution in [0.3, 0.4) is 0 Å². The molecule has 2 heterocycles. The van der Waals surface area contributed by atoms with E-state index in [9.17, 15) is 10.1 Å². The summed E-state index contributed by atoms with van der Waals surface area (Å²) in [6, 6.07) is 3.55. The molecule has 0 spiro atoms. The number of hydrogen-bond donors (Lipinski definition) is 1. The van der Waals surface area contributed by atoms with Crippen molar-refractivity contribution in [1.82, 2.24) is 5.32 Å². The molecule has 0 saturated carbocycles. The number of hydrogen-bond acceptors (Lipinski definition) is 6. The van der Waals surface area contributed by atoms with Crippen molar-refractivity contribution in [2.24, 2.45) is 0 Å². The molecule has 21 heavy (non-hydrogen) atoms. The van der Waals surface area contributed by atoms with E-state index in [0.717, 1.165) is 25.9 Å². The van der Waals surface area contributed by atoms with Gasteiger partial charge in [0.1, 0.15) is 18.9 Å². The van der Waals surface area contributed by atoms with E-state index in [0.29, 0.717) is 36.4 Å². The largest absolute Gasteiger partial charge is 0.486 e. The minimum absolute atomic E-state index is 0.0553. The fourth-order valence-corrected chi connectivity index (χ4v) is 2.86. The van der Waals surface area contributed by atoms with Gasteiger partial charge in [0.15, 0.2) is 11.5 Å². The van der Waals surface area contributed by atoms with Gasteiger partial charge in [0.05, 0.1) is 11.0 Å². The fraction of sp³-hybridized carbons (Fsp3) is 0.571. The van der Waals surface area contributed by atoms with E-state index in [2.05, 4.69) is 5.32 Å².